The number of ether oxygens (including phenoxy) is 1. The largest absolute Gasteiger partial charge is 0.473 e. The molecular weight excluding hydrogens is 438 g/mol. The number of halogens is 1. The highest BCUT2D eigenvalue weighted by Gasteiger charge is 2.14. The van der Waals surface area contributed by atoms with Crippen molar-refractivity contribution in [3.8, 4) is 5.88 Å². The molecule has 0 radical (unpaired) electrons. The first-order valence-corrected chi connectivity index (χ1v) is 11.4. The molecule has 0 bridgehead atoms. The van der Waals surface area contributed by atoms with E-state index in [-0.39, 0.29) is 30.3 Å². The lowest BCUT2D eigenvalue weighted by molar-refractivity contribution is -0.121. The predicted octanol–water partition coefficient (Wildman–Crippen LogP) is 3.30. The van der Waals surface area contributed by atoms with Gasteiger partial charge in [-0.15, -0.1) is 0 Å². The van der Waals surface area contributed by atoms with Crippen molar-refractivity contribution in [2.75, 3.05) is 6.54 Å². The molecule has 31 heavy (non-hydrogen) atoms. The molecule has 7 nitrogen and oxygen atoms in total. The van der Waals surface area contributed by atoms with Crippen LogP contribution in [0.15, 0.2) is 77.8 Å². The lowest BCUT2D eigenvalue weighted by atomic mass is 10.2. The summed E-state index contributed by atoms with van der Waals surface area (Å²) in [4.78, 5) is 16.3. The number of carbonyl (C=O) groups excluding carboxylic acids is 1. The van der Waals surface area contributed by atoms with E-state index in [0.717, 1.165) is 11.1 Å². The van der Waals surface area contributed by atoms with Gasteiger partial charge in [-0.05, 0) is 35.4 Å². The molecule has 0 aliphatic rings. The monoisotopic (exact) mass is 459 g/mol. The van der Waals surface area contributed by atoms with E-state index in [1.54, 1.807) is 30.5 Å². The standard InChI is InChI=1S/C22H22ClN3O4S/c23-19-7-4-8-20(14-19)31(28,29)26-12-10-21(27)25-15-18-9-11-24-22(13-18)30-16-17-5-2-1-3-6-17/h1-9,11,13-14,26H,10,12,15-16H2,(H,25,27). The van der Waals surface area contributed by atoms with E-state index in [4.69, 9.17) is 16.3 Å². The summed E-state index contributed by atoms with van der Waals surface area (Å²) < 4.78 is 32.5. The second-order valence-corrected chi connectivity index (χ2v) is 8.86. The third kappa shape index (κ3) is 7.36. The summed E-state index contributed by atoms with van der Waals surface area (Å²) in [6.45, 7) is 0.656. The predicted molar refractivity (Wildman–Crippen MR) is 118 cm³/mol. The van der Waals surface area contributed by atoms with Crippen molar-refractivity contribution in [2.24, 2.45) is 0 Å². The lowest BCUT2D eigenvalue weighted by Gasteiger charge is -2.09. The number of pyridine rings is 1. The van der Waals surface area contributed by atoms with Crippen LogP contribution in [-0.2, 0) is 28.0 Å². The number of hydrogen-bond donors (Lipinski definition) is 2. The average Bonchev–Trinajstić information content (AvgIpc) is 2.77. The van der Waals surface area contributed by atoms with Crippen LogP contribution in [0.3, 0.4) is 0 Å². The fourth-order valence-electron chi connectivity index (χ4n) is 2.68. The van der Waals surface area contributed by atoms with Gasteiger partial charge in [0.1, 0.15) is 6.61 Å². The minimum atomic E-state index is -3.72. The Labute approximate surface area is 186 Å². The summed E-state index contributed by atoms with van der Waals surface area (Å²) in [5.74, 6) is 0.183. The van der Waals surface area contributed by atoms with Gasteiger partial charge in [0.15, 0.2) is 0 Å². The van der Waals surface area contributed by atoms with E-state index in [2.05, 4.69) is 15.0 Å². The lowest BCUT2D eigenvalue weighted by Crippen LogP contribution is -2.30. The summed E-state index contributed by atoms with van der Waals surface area (Å²) >= 11 is 5.83. The first kappa shape index (κ1) is 22.7. The number of sulfonamides is 1. The zero-order valence-corrected chi connectivity index (χ0v) is 18.2. The van der Waals surface area contributed by atoms with Crippen molar-refractivity contribution < 1.29 is 17.9 Å². The van der Waals surface area contributed by atoms with Crippen LogP contribution < -0.4 is 14.8 Å². The molecule has 1 amide bonds. The fourth-order valence-corrected chi connectivity index (χ4v) is 4.01. The number of benzene rings is 2. The van der Waals surface area contributed by atoms with Gasteiger partial charge < -0.3 is 10.1 Å². The molecular formula is C22H22ClN3O4S. The number of amides is 1. The zero-order chi connectivity index (χ0) is 22.1. The fraction of sp³-hybridized carbons (Fsp3) is 0.182. The summed E-state index contributed by atoms with van der Waals surface area (Å²) in [6.07, 6.45) is 1.61. The Morgan fingerprint density at radius 2 is 1.81 bits per heavy atom. The van der Waals surface area contributed by atoms with E-state index < -0.39 is 10.0 Å². The van der Waals surface area contributed by atoms with Crippen molar-refractivity contribution in [1.29, 1.82) is 0 Å². The molecule has 1 aromatic heterocycles. The SMILES string of the molecule is O=C(CCNS(=O)(=O)c1cccc(Cl)c1)NCc1ccnc(OCc2ccccc2)c1. The Morgan fingerprint density at radius 1 is 1.00 bits per heavy atom. The maximum Gasteiger partial charge on any atom is 0.240 e. The van der Waals surface area contributed by atoms with Gasteiger partial charge in [0, 0.05) is 36.8 Å². The Kier molecular flexibility index (Phi) is 8.00. The molecule has 9 heteroatoms. The maximum atomic E-state index is 12.2. The van der Waals surface area contributed by atoms with Gasteiger partial charge in [-0.1, -0.05) is 48.0 Å². The van der Waals surface area contributed by atoms with Gasteiger partial charge in [-0.25, -0.2) is 18.1 Å². The smallest absolute Gasteiger partial charge is 0.240 e. The summed E-state index contributed by atoms with van der Waals surface area (Å²) in [7, 11) is -3.72. The summed E-state index contributed by atoms with van der Waals surface area (Å²) in [5, 5.41) is 3.08. The van der Waals surface area contributed by atoms with Gasteiger partial charge in [0.2, 0.25) is 21.8 Å². The molecule has 3 aromatic rings. The van der Waals surface area contributed by atoms with Crippen LogP contribution in [0, 0.1) is 0 Å². The number of hydrogen-bond acceptors (Lipinski definition) is 5. The van der Waals surface area contributed by atoms with E-state index in [0.29, 0.717) is 17.5 Å². The minimum absolute atomic E-state index is 0.00223. The van der Waals surface area contributed by atoms with Gasteiger partial charge in [0.05, 0.1) is 4.90 Å². The van der Waals surface area contributed by atoms with Gasteiger partial charge in [-0.2, -0.15) is 0 Å². The average molecular weight is 460 g/mol. The molecule has 0 atom stereocenters. The highest BCUT2D eigenvalue weighted by Crippen LogP contribution is 2.15. The van der Waals surface area contributed by atoms with Crippen LogP contribution in [0.2, 0.25) is 5.02 Å². The van der Waals surface area contributed by atoms with E-state index >= 15 is 0 Å². The first-order valence-electron chi connectivity index (χ1n) is 9.56. The third-order valence-corrected chi connectivity index (χ3v) is 5.96. The number of nitrogens with zero attached hydrogens (tertiary/aromatic N) is 1. The van der Waals surface area contributed by atoms with Crippen LogP contribution >= 0.6 is 11.6 Å². The summed E-state index contributed by atoms with van der Waals surface area (Å²) in [5.41, 5.74) is 1.86. The molecule has 0 aliphatic heterocycles. The van der Waals surface area contributed by atoms with E-state index in [1.807, 2.05) is 30.3 Å². The summed E-state index contributed by atoms with van der Waals surface area (Å²) in [6, 6.07) is 19.2. The minimum Gasteiger partial charge on any atom is -0.473 e. The zero-order valence-electron chi connectivity index (χ0n) is 16.6. The molecule has 2 N–H and O–H groups in total. The number of aromatic nitrogens is 1. The Morgan fingerprint density at radius 3 is 2.58 bits per heavy atom. The van der Waals surface area contributed by atoms with Crippen molar-refractivity contribution in [3.63, 3.8) is 0 Å². The van der Waals surface area contributed by atoms with Crippen LogP contribution in [0.1, 0.15) is 17.5 Å². The number of rotatable bonds is 10. The molecule has 3 rings (SSSR count). The molecule has 0 saturated heterocycles. The second-order valence-electron chi connectivity index (χ2n) is 6.66. The molecule has 162 valence electrons. The van der Waals surface area contributed by atoms with Crippen molar-refractivity contribution >= 4 is 27.5 Å². The second kappa shape index (κ2) is 10.9. The highest BCUT2D eigenvalue weighted by molar-refractivity contribution is 7.89. The third-order valence-electron chi connectivity index (χ3n) is 4.27. The Bertz CT molecular complexity index is 1120. The molecule has 0 spiro atoms. The molecule has 1 heterocycles. The first-order chi connectivity index (χ1) is 14.9. The molecule has 0 unspecified atom stereocenters. The van der Waals surface area contributed by atoms with Crippen LogP contribution in [0.4, 0.5) is 0 Å². The van der Waals surface area contributed by atoms with Crippen LogP contribution in [0.25, 0.3) is 0 Å². The van der Waals surface area contributed by atoms with Crippen molar-refractivity contribution in [1.82, 2.24) is 15.0 Å². The maximum absolute atomic E-state index is 12.2. The number of nitrogens with one attached hydrogen (secondary N) is 2. The Balaban J connectivity index is 1.43. The van der Waals surface area contributed by atoms with Gasteiger partial charge >= 0.3 is 0 Å². The molecule has 0 fully saturated rings. The van der Waals surface area contributed by atoms with Gasteiger partial charge in [0.25, 0.3) is 0 Å². The topological polar surface area (TPSA) is 97.4 Å². The van der Waals surface area contributed by atoms with Crippen molar-refractivity contribution in [2.45, 2.75) is 24.5 Å². The molecule has 0 aliphatic carbocycles. The molecule has 0 saturated carbocycles. The van der Waals surface area contributed by atoms with Crippen LogP contribution in [-0.4, -0.2) is 25.9 Å². The number of carbonyl (C=O) groups is 1. The molecule has 2 aromatic carbocycles. The quantitative estimate of drug-likeness (QED) is 0.484. The van der Waals surface area contributed by atoms with Crippen LogP contribution in [0.5, 0.6) is 5.88 Å². The van der Waals surface area contributed by atoms with Gasteiger partial charge in [-0.3, -0.25) is 4.79 Å². The van der Waals surface area contributed by atoms with Crippen molar-refractivity contribution in [3.05, 3.63) is 89.1 Å². The Hall–Kier alpha value is -2.94. The van der Waals surface area contributed by atoms with E-state index in [9.17, 15) is 13.2 Å². The van der Waals surface area contributed by atoms with E-state index in [1.165, 1.54) is 12.1 Å². The highest BCUT2D eigenvalue weighted by atomic mass is 35.5. The normalized spacial score (nSPS) is 11.1.